The average molecular weight is 395 g/mol. The molecular weight excluding hydrogens is 374 g/mol. The third-order valence-corrected chi connectivity index (χ3v) is 4.63. The van der Waals surface area contributed by atoms with E-state index in [0.29, 0.717) is 22.1 Å². The van der Waals surface area contributed by atoms with Gasteiger partial charge < -0.3 is 10.1 Å². The van der Waals surface area contributed by atoms with Crippen LogP contribution in [-0.4, -0.2) is 22.9 Å². The number of nitrogens with one attached hydrogen (secondary N) is 2. The van der Waals surface area contributed by atoms with Crippen LogP contribution in [0.2, 0.25) is 0 Å². The monoisotopic (exact) mass is 395 g/mol. The molecule has 3 aromatic rings. The van der Waals surface area contributed by atoms with E-state index in [2.05, 4.69) is 15.6 Å². The molecule has 1 unspecified atom stereocenters. The van der Waals surface area contributed by atoms with E-state index in [1.54, 1.807) is 42.8 Å². The van der Waals surface area contributed by atoms with E-state index in [1.807, 2.05) is 32.0 Å². The fraction of sp³-hybridized carbons (Fsp3) is 0.190. The van der Waals surface area contributed by atoms with Gasteiger partial charge in [0.15, 0.2) is 11.2 Å². The fourth-order valence-corrected chi connectivity index (χ4v) is 3.19. The van der Waals surface area contributed by atoms with Gasteiger partial charge in [-0.25, -0.2) is 4.98 Å². The van der Waals surface area contributed by atoms with E-state index in [1.165, 1.54) is 11.3 Å². The number of benzene rings is 2. The first-order chi connectivity index (χ1) is 13.4. The van der Waals surface area contributed by atoms with Crippen molar-refractivity contribution in [3.8, 4) is 5.75 Å². The summed E-state index contributed by atoms with van der Waals surface area (Å²) < 4.78 is 5.75. The number of rotatable bonds is 6. The summed E-state index contributed by atoms with van der Waals surface area (Å²) in [6.07, 6.45) is 0.967. The molecule has 1 heterocycles. The minimum absolute atomic E-state index is 0.251. The molecule has 2 aromatic carbocycles. The molecule has 0 aliphatic rings. The van der Waals surface area contributed by atoms with Crippen LogP contribution in [0, 0.1) is 13.8 Å². The molecule has 0 bridgehead atoms. The van der Waals surface area contributed by atoms with Crippen molar-refractivity contribution < 1.29 is 14.3 Å². The first kappa shape index (κ1) is 19.6. The Bertz CT molecular complexity index is 949. The SMILES string of the molecule is Cc1cc(C)cc(OC(C)C(=O)Nc2ccc(C(=O)Nc3nccs3)cc2)c1. The highest BCUT2D eigenvalue weighted by atomic mass is 32.1. The van der Waals surface area contributed by atoms with Gasteiger partial charge in [-0.05, 0) is 68.3 Å². The minimum atomic E-state index is -0.658. The quantitative estimate of drug-likeness (QED) is 0.647. The Balaban J connectivity index is 1.58. The Kier molecular flexibility index (Phi) is 6.06. The second kappa shape index (κ2) is 8.67. The molecule has 144 valence electrons. The Hall–Kier alpha value is -3.19. The van der Waals surface area contributed by atoms with Crippen molar-refractivity contribution in [2.45, 2.75) is 26.9 Å². The molecule has 7 heteroatoms. The maximum atomic E-state index is 12.4. The summed E-state index contributed by atoms with van der Waals surface area (Å²) in [5.74, 6) is 0.146. The highest BCUT2D eigenvalue weighted by molar-refractivity contribution is 7.13. The number of aromatic nitrogens is 1. The van der Waals surface area contributed by atoms with Crippen molar-refractivity contribution in [2.24, 2.45) is 0 Å². The summed E-state index contributed by atoms with van der Waals surface area (Å²) in [5, 5.41) is 7.84. The maximum Gasteiger partial charge on any atom is 0.265 e. The lowest BCUT2D eigenvalue weighted by Gasteiger charge is -2.16. The molecule has 1 aromatic heterocycles. The zero-order valence-corrected chi connectivity index (χ0v) is 16.7. The molecule has 0 aliphatic heterocycles. The van der Waals surface area contributed by atoms with E-state index >= 15 is 0 Å². The van der Waals surface area contributed by atoms with E-state index in [4.69, 9.17) is 4.74 Å². The number of ether oxygens (including phenoxy) is 1. The lowest BCUT2D eigenvalue weighted by Crippen LogP contribution is -2.30. The minimum Gasteiger partial charge on any atom is -0.481 e. The van der Waals surface area contributed by atoms with Gasteiger partial charge in [0.25, 0.3) is 11.8 Å². The van der Waals surface area contributed by atoms with Crippen molar-refractivity contribution in [3.05, 3.63) is 70.7 Å². The van der Waals surface area contributed by atoms with Gasteiger partial charge in [-0.3, -0.25) is 14.9 Å². The van der Waals surface area contributed by atoms with Crippen molar-refractivity contribution >= 4 is 34.0 Å². The number of nitrogens with zero attached hydrogens (tertiary/aromatic N) is 1. The number of hydrogen-bond donors (Lipinski definition) is 2. The van der Waals surface area contributed by atoms with Crippen LogP contribution in [0.1, 0.15) is 28.4 Å². The molecule has 1 atom stereocenters. The molecule has 0 saturated heterocycles. The van der Waals surface area contributed by atoms with Gasteiger partial charge in [-0.1, -0.05) is 6.07 Å². The highest BCUT2D eigenvalue weighted by Crippen LogP contribution is 2.19. The first-order valence-electron chi connectivity index (χ1n) is 8.77. The number of aryl methyl sites for hydroxylation is 2. The molecule has 2 N–H and O–H groups in total. The van der Waals surface area contributed by atoms with Crippen LogP contribution >= 0.6 is 11.3 Å². The normalized spacial score (nSPS) is 11.5. The molecule has 28 heavy (non-hydrogen) atoms. The summed E-state index contributed by atoms with van der Waals surface area (Å²) in [7, 11) is 0. The van der Waals surface area contributed by atoms with Gasteiger partial charge in [0, 0.05) is 22.8 Å². The summed E-state index contributed by atoms with van der Waals surface area (Å²) >= 11 is 1.35. The van der Waals surface area contributed by atoms with Gasteiger partial charge in [0.1, 0.15) is 5.75 Å². The zero-order valence-electron chi connectivity index (χ0n) is 15.9. The average Bonchev–Trinajstić information content (AvgIpc) is 3.14. The van der Waals surface area contributed by atoms with Gasteiger partial charge >= 0.3 is 0 Å². The topological polar surface area (TPSA) is 80.3 Å². The lowest BCUT2D eigenvalue weighted by atomic mass is 10.1. The third-order valence-electron chi connectivity index (χ3n) is 3.94. The molecule has 3 rings (SSSR count). The smallest absolute Gasteiger partial charge is 0.265 e. The second-order valence-electron chi connectivity index (χ2n) is 6.44. The van der Waals surface area contributed by atoms with Crippen LogP contribution in [0.5, 0.6) is 5.75 Å². The maximum absolute atomic E-state index is 12.4. The number of hydrogen-bond acceptors (Lipinski definition) is 5. The molecule has 2 amide bonds. The van der Waals surface area contributed by atoms with Crippen molar-refractivity contribution in [1.82, 2.24) is 4.98 Å². The fourth-order valence-electron chi connectivity index (χ4n) is 2.66. The van der Waals surface area contributed by atoms with E-state index < -0.39 is 6.10 Å². The van der Waals surface area contributed by atoms with Crippen LogP contribution < -0.4 is 15.4 Å². The third kappa shape index (κ3) is 5.17. The Morgan fingerprint density at radius 1 is 1.04 bits per heavy atom. The van der Waals surface area contributed by atoms with Crippen LogP contribution in [0.4, 0.5) is 10.8 Å². The number of amides is 2. The Morgan fingerprint density at radius 2 is 1.71 bits per heavy atom. The van der Waals surface area contributed by atoms with Gasteiger partial charge in [0.05, 0.1) is 0 Å². The lowest BCUT2D eigenvalue weighted by molar-refractivity contribution is -0.122. The van der Waals surface area contributed by atoms with Gasteiger partial charge in [-0.15, -0.1) is 11.3 Å². The largest absolute Gasteiger partial charge is 0.481 e. The zero-order chi connectivity index (χ0) is 20.1. The Labute approximate surface area is 167 Å². The van der Waals surface area contributed by atoms with Gasteiger partial charge in [-0.2, -0.15) is 0 Å². The van der Waals surface area contributed by atoms with Crippen LogP contribution in [0.25, 0.3) is 0 Å². The summed E-state index contributed by atoms with van der Waals surface area (Å²) in [6.45, 7) is 5.66. The molecule has 6 nitrogen and oxygen atoms in total. The van der Waals surface area contributed by atoms with Gasteiger partial charge in [0.2, 0.25) is 0 Å². The molecular formula is C21H21N3O3S. The van der Waals surface area contributed by atoms with E-state index in [-0.39, 0.29) is 11.8 Å². The number of carbonyl (C=O) groups excluding carboxylic acids is 2. The predicted octanol–water partition coefficient (Wildman–Crippen LogP) is 4.42. The summed E-state index contributed by atoms with van der Waals surface area (Å²) in [5.41, 5.74) is 3.22. The molecule has 0 spiro atoms. The highest BCUT2D eigenvalue weighted by Gasteiger charge is 2.16. The second-order valence-corrected chi connectivity index (χ2v) is 7.34. The molecule has 0 radical (unpaired) electrons. The number of carbonyl (C=O) groups is 2. The van der Waals surface area contributed by atoms with E-state index in [0.717, 1.165) is 11.1 Å². The number of anilines is 2. The summed E-state index contributed by atoms with van der Waals surface area (Å²) in [4.78, 5) is 28.6. The number of thiazole rings is 1. The van der Waals surface area contributed by atoms with Crippen LogP contribution in [0.3, 0.4) is 0 Å². The predicted molar refractivity (Wildman–Crippen MR) is 111 cm³/mol. The standard InChI is InChI=1S/C21H21N3O3S/c1-13-10-14(2)12-18(11-13)27-15(3)19(25)23-17-6-4-16(5-7-17)20(26)24-21-22-8-9-28-21/h4-12,15H,1-3H3,(H,23,25)(H,22,24,26). The summed E-state index contributed by atoms with van der Waals surface area (Å²) in [6, 6.07) is 12.5. The van der Waals surface area contributed by atoms with E-state index in [9.17, 15) is 9.59 Å². The van der Waals surface area contributed by atoms with Crippen LogP contribution in [0.15, 0.2) is 54.0 Å². The first-order valence-corrected chi connectivity index (χ1v) is 9.65. The van der Waals surface area contributed by atoms with Crippen molar-refractivity contribution in [2.75, 3.05) is 10.6 Å². The molecule has 0 saturated carbocycles. The molecule has 0 fully saturated rings. The Morgan fingerprint density at radius 3 is 2.32 bits per heavy atom. The van der Waals surface area contributed by atoms with Crippen LogP contribution in [-0.2, 0) is 4.79 Å². The molecule has 0 aliphatic carbocycles. The van der Waals surface area contributed by atoms with Crippen molar-refractivity contribution in [1.29, 1.82) is 0 Å². The van der Waals surface area contributed by atoms with Crippen molar-refractivity contribution in [3.63, 3.8) is 0 Å².